The van der Waals surface area contributed by atoms with Gasteiger partial charge in [0.1, 0.15) is 5.82 Å². The Morgan fingerprint density at radius 2 is 1.88 bits per heavy atom. The maximum atomic E-state index is 5.68. The Morgan fingerprint density at radius 1 is 1.19 bits per heavy atom. The van der Waals surface area contributed by atoms with Gasteiger partial charge in [-0.15, -0.1) is 0 Å². The van der Waals surface area contributed by atoms with Gasteiger partial charge in [0.25, 0.3) is 0 Å². The van der Waals surface area contributed by atoms with Crippen LogP contribution in [0.15, 0.2) is 0 Å². The van der Waals surface area contributed by atoms with Gasteiger partial charge in [-0.25, -0.2) is 0 Å². The number of anilines is 2. The fourth-order valence-corrected chi connectivity index (χ4v) is 1.56. The predicted octanol–water partition coefficient (Wildman–Crippen LogP) is 0.414. The summed E-state index contributed by atoms with van der Waals surface area (Å²) < 4.78 is 5.29. The highest BCUT2D eigenvalue weighted by molar-refractivity contribution is 5.35. The number of nitrogens with zero attached hydrogens (tertiary/aromatic N) is 4. The van der Waals surface area contributed by atoms with Gasteiger partial charge >= 0.3 is 0 Å². The van der Waals surface area contributed by atoms with Gasteiger partial charge < -0.3 is 15.4 Å². The monoisotopic (exact) mass is 223 g/mol. The molecule has 88 valence electrons. The molecule has 1 aliphatic heterocycles. The first kappa shape index (κ1) is 11.1. The molecule has 0 aromatic carbocycles. The van der Waals surface area contributed by atoms with Crippen LogP contribution >= 0.6 is 0 Å². The number of ether oxygens (including phenoxy) is 1. The van der Waals surface area contributed by atoms with Crippen LogP contribution in [0.2, 0.25) is 0 Å². The summed E-state index contributed by atoms with van der Waals surface area (Å²) in [6.07, 6.45) is 0. The van der Waals surface area contributed by atoms with Gasteiger partial charge in [-0.3, -0.25) is 0 Å². The zero-order valence-corrected chi connectivity index (χ0v) is 9.68. The molecule has 0 aliphatic carbocycles. The fourth-order valence-electron chi connectivity index (χ4n) is 1.56. The molecule has 1 fully saturated rings. The number of morpholine rings is 1. The third kappa shape index (κ3) is 2.38. The summed E-state index contributed by atoms with van der Waals surface area (Å²) in [5, 5.41) is 0. The quantitative estimate of drug-likeness (QED) is 0.782. The van der Waals surface area contributed by atoms with Crippen molar-refractivity contribution in [3.8, 4) is 0 Å². The molecule has 1 saturated heterocycles. The Kier molecular flexibility index (Phi) is 3.19. The molecule has 2 heterocycles. The average Bonchev–Trinajstić information content (AvgIpc) is 2.29. The van der Waals surface area contributed by atoms with Gasteiger partial charge in [0, 0.05) is 19.0 Å². The van der Waals surface area contributed by atoms with Crippen LogP contribution in [0, 0.1) is 0 Å². The Hall–Kier alpha value is -1.43. The molecule has 0 saturated carbocycles. The van der Waals surface area contributed by atoms with Crippen molar-refractivity contribution in [2.45, 2.75) is 19.8 Å². The Labute approximate surface area is 94.9 Å². The molecular weight excluding hydrogens is 206 g/mol. The lowest BCUT2D eigenvalue weighted by atomic mass is 10.2. The molecule has 16 heavy (non-hydrogen) atoms. The molecule has 1 aromatic rings. The maximum absolute atomic E-state index is 5.68. The minimum absolute atomic E-state index is 0.255. The molecule has 1 aromatic heterocycles. The summed E-state index contributed by atoms with van der Waals surface area (Å²) in [5.74, 6) is 1.96. The smallest absolute Gasteiger partial charge is 0.230 e. The molecule has 0 atom stereocenters. The van der Waals surface area contributed by atoms with E-state index < -0.39 is 0 Å². The third-order valence-electron chi connectivity index (χ3n) is 2.47. The minimum Gasteiger partial charge on any atom is -0.378 e. The van der Waals surface area contributed by atoms with Crippen LogP contribution in [0.1, 0.15) is 25.6 Å². The van der Waals surface area contributed by atoms with Gasteiger partial charge in [0.2, 0.25) is 11.9 Å². The zero-order chi connectivity index (χ0) is 11.5. The summed E-state index contributed by atoms with van der Waals surface area (Å²) in [7, 11) is 0. The second-order valence-electron chi connectivity index (χ2n) is 4.11. The van der Waals surface area contributed by atoms with Crippen molar-refractivity contribution in [2.24, 2.45) is 0 Å². The minimum atomic E-state index is 0.255. The van der Waals surface area contributed by atoms with E-state index in [1.54, 1.807) is 0 Å². The van der Waals surface area contributed by atoms with Crippen molar-refractivity contribution in [3.63, 3.8) is 0 Å². The van der Waals surface area contributed by atoms with Crippen LogP contribution in [0.3, 0.4) is 0 Å². The molecule has 1 aliphatic rings. The predicted molar refractivity (Wildman–Crippen MR) is 61.4 cm³/mol. The summed E-state index contributed by atoms with van der Waals surface area (Å²) in [4.78, 5) is 14.8. The normalized spacial score (nSPS) is 16.8. The number of nitrogens with two attached hydrogens (primary N) is 1. The van der Waals surface area contributed by atoms with Crippen LogP contribution in [-0.2, 0) is 4.74 Å². The van der Waals surface area contributed by atoms with Crippen LogP contribution in [0.5, 0.6) is 0 Å². The first-order valence-electron chi connectivity index (χ1n) is 5.51. The SMILES string of the molecule is CC(C)c1nc(N)nc(N2CCOCC2)n1. The molecular formula is C10H17N5O. The summed E-state index contributed by atoms with van der Waals surface area (Å²) in [6, 6.07) is 0. The lowest BCUT2D eigenvalue weighted by molar-refractivity contribution is 0.122. The molecule has 2 N–H and O–H groups in total. The third-order valence-corrected chi connectivity index (χ3v) is 2.47. The van der Waals surface area contributed by atoms with Gasteiger partial charge in [-0.1, -0.05) is 13.8 Å². The van der Waals surface area contributed by atoms with Gasteiger partial charge in [0.05, 0.1) is 13.2 Å². The highest BCUT2D eigenvalue weighted by Crippen LogP contribution is 2.15. The zero-order valence-electron chi connectivity index (χ0n) is 9.68. The number of nitrogen functional groups attached to an aromatic ring is 1. The van der Waals surface area contributed by atoms with E-state index in [-0.39, 0.29) is 5.92 Å². The van der Waals surface area contributed by atoms with Gasteiger partial charge in [-0.2, -0.15) is 15.0 Å². The van der Waals surface area contributed by atoms with E-state index in [1.807, 2.05) is 13.8 Å². The molecule has 0 amide bonds. The van der Waals surface area contributed by atoms with E-state index in [9.17, 15) is 0 Å². The van der Waals surface area contributed by atoms with Crippen LogP contribution in [0.25, 0.3) is 0 Å². The summed E-state index contributed by atoms with van der Waals surface area (Å²) in [5.41, 5.74) is 5.68. The van der Waals surface area contributed by atoms with E-state index in [0.717, 1.165) is 18.9 Å². The van der Waals surface area contributed by atoms with Crippen LogP contribution in [-0.4, -0.2) is 41.3 Å². The summed E-state index contributed by atoms with van der Waals surface area (Å²) in [6.45, 7) is 7.11. The van der Waals surface area contributed by atoms with E-state index in [0.29, 0.717) is 25.1 Å². The van der Waals surface area contributed by atoms with E-state index in [4.69, 9.17) is 10.5 Å². The number of aromatic nitrogens is 3. The average molecular weight is 223 g/mol. The summed E-state index contributed by atoms with van der Waals surface area (Å²) >= 11 is 0. The Balaban J connectivity index is 2.25. The highest BCUT2D eigenvalue weighted by Gasteiger charge is 2.16. The molecule has 0 bridgehead atoms. The molecule has 0 spiro atoms. The maximum Gasteiger partial charge on any atom is 0.230 e. The molecule has 0 radical (unpaired) electrons. The number of hydrogen-bond acceptors (Lipinski definition) is 6. The van der Waals surface area contributed by atoms with Crippen molar-refractivity contribution >= 4 is 11.9 Å². The first-order valence-corrected chi connectivity index (χ1v) is 5.51. The van der Waals surface area contributed by atoms with Gasteiger partial charge in [0.15, 0.2) is 0 Å². The van der Waals surface area contributed by atoms with Crippen molar-refractivity contribution in [3.05, 3.63) is 5.82 Å². The van der Waals surface area contributed by atoms with E-state index in [2.05, 4.69) is 19.9 Å². The van der Waals surface area contributed by atoms with Crippen molar-refractivity contribution in [1.82, 2.24) is 15.0 Å². The van der Waals surface area contributed by atoms with Crippen molar-refractivity contribution in [2.75, 3.05) is 36.9 Å². The Morgan fingerprint density at radius 3 is 2.50 bits per heavy atom. The topological polar surface area (TPSA) is 77.2 Å². The van der Waals surface area contributed by atoms with Crippen LogP contribution < -0.4 is 10.6 Å². The second-order valence-corrected chi connectivity index (χ2v) is 4.11. The molecule has 2 rings (SSSR count). The standard InChI is InChI=1S/C10H17N5O/c1-7(2)8-12-9(11)14-10(13-8)15-3-5-16-6-4-15/h7H,3-6H2,1-2H3,(H2,11,12,13,14). The lowest BCUT2D eigenvalue weighted by Gasteiger charge is -2.27. The number of hydrogen-bond donors (Lipinski definition) is 1. The molecule has 0 unspecified atom stereocenters. The second kappa shape index (κ2) is 4.61. The Bertz CT molecular complexity index is 362. The van der Waals surface area contributed by atoms with E-state index in [1.165, 1.54) is 0 Å². The van der Waals surface area contributed by atoms with Gasteiger partial charge in [-0.05, 0) is 0 Å². The van der Waals surface area contributed by atoms with Crippen molar-refractivity contribution in [1.29, 1.82) is 0 Å². The number of rotatable bonds is 2. The first-order chi connectivity index (χ1) is 7.66. The van der Waals surface area contributed by atoms with Crippen molar-refractivity contribution < 1.29 is 4.74 Å². The lowest BCUT2D eigenvalue weighted by Crippen LogP contribution is -2.37. The largest absolute Gasteiger partial charge is 0.378 e. The highest BCUT2D eigenvalue weighted by atomic mass is 16.5. The van der Waals surface area contributed by atoms with Crippen LogP contribution in [0.4, 0.5) is 11.9 Å². The molecule has 6 nitrogen and oxygen atoms in total. The van der Waals surface area contributed by atoms with E-state index >= 15 is 0 Å². The fraction of sp³-hybridized carbons (Fsp3) is 0.700. The molecule has 6 heteroatoms.